The van der Waals surface area contributed by atoms with E-state index in [1.54, 1.807) is 11.3 Å². The van der Waals surface area contributed by atoms with Gasteiger partial charge >= 0.3 is 0 Å². The molecule has 8 heteroatoms. The SMILES string of the molecule is CC[C@H](C)C(=NCCc1ccccc1)C(=O)N1C[C@H](O)C[C@H]1C(=O)NCC1C=CC(c2scnc2C)=CC1. The van der Waals surface area contributed by atoms with Crippen molar-refractivity contribution in [1.29, 1.82) is 0 Å². The summed E-state index contributed by atoms with van der Waals surface area (Å²) in [6, 6.07) is 9.38. The summed E-state index contributed by atoms with van der Waals surface area (Å²) in [5, 5.41) is 13.4. The van der Waals surface area contributed by atoms with Crippen molar-refractivity contribution in [3.05, 3.63) is 70.2 Å². The number of aromatic nitrogens is 1. The van der Waals surface area contributed by atoms with Crippen molar-refractivity contribution in [2.24, 2.45) is 16.8 Å². The first-order chi connectivity index (χ1) is 18.4. The molecule has 1 aliphatic carbocycles. The monoisotopic (exact) mass is 534 g/mol. The highest BCUT2D eigenvalue weighted by atomic mass is 32.1. The van der Waals surface area contributed by atoms with E-state index >= 15 is 0 Å². The summed E-state index contributed by atoms with van der Waals surface area (Å²) < 4.78 is 0. The standard InChI is InChI=1S/C30H38N4O3S/c1-4-20(2)27(31-15-14-22-8-6-5-7-9-22)30(37)34-18-25(35)16-26(34)29(36)32-17-23-10-12-24(13-11-23)28-21(3)33-19-38-28/h5-10,12-13,19-20,23,25-26,35H,4,11,14-18H2,1-3H3,(H,32,36)/t20-,23?,25+,26-/m0/s1. The van der Waals surface area contributed by atoms with E-state index in [0.29, 0.717) is 18.8 Å². The van der Waals surface area contributed by atoms with Crippen LogP contribution in [0.4, 0.5) is 0 Å². The third-order valence-corrected chi connectivity index (χ3v) is 8.38. The van der Waals surface area contributed by atoms with E-state index in [2.05, 4.69) is 40.7 Å². The summed E-state index contributed by atoms with van der Waals surface area (Å²) in [5.41, 5.74) is 5.72. The second-order valence-corrected chi connectivity index (χ2v) is 11.1. The van der Waals surface area contributed by atoms with Crippen LogP contribution >= 0.6 is 11.3 Å². The summed E-state index contributed by atoms with van der Waals surface area (Å²) in [4.78, 5) is 38.5. The van der Waals surface area contributed by atoms with Gasteiger partial charge in [0.15, 0.2) is 0 Å². The van der Waals surface area contributed by atoms with E-state index in [1.165, 1.54) is 20.9 Å². The van der Waals surface area contributed by atoms with Crippen LogP contribution in [0, 0.1) is 18.8 Å². The topological polar surface area (TPSA) is 94.9 Å². The number of nitrogens with zero attached hydrogens (tertiary/aromatic N) is 3. The molecule has 1 fully saturated rings. The Morgan fingerprint density at radius 3 is 2.74 bits per heavy atom. The number of aliphatic imine (C=N–C) groups is 1. The number of thiazole rings is 1. The Kier molecular flexibility index (Phi) is 9.63. The highest BCUT2D eigenvalue weighted by Gasteiger charge is 2.40. The van der Waals surface area contributed by atoms with E-state index in [0.717, 1.165) is 25.0 Å². The number of allylic oxidation sites excluding steroid dienone is 3. The van der Waals surface area contributed by atoms with Crippen LogP contribution in [0.25, 0.3) is 5.57 Å². The zero-order chi connectivity index (χ0) is 27.1. The minimum Gasteiger partial charge on any atom is -0.391 e. The minimum absolute atomic E-state index is 0.0322. The van der Waals surface area contributed by atoms with Gasteiger partial charge in [-0.3, -0.25) is 14.6 Å². The number of likely N-dealkylation sites (tertiary alicyclic amines) is 1. The molecule has 1 aliphatic heterocycles. The molecule has 1 unspecified atom stereocenters. The maximum Gasteiger partial charge on any atom is 0.268 e. The normalized spacial score (nSPS) is 22.3. The molecule has 2 aliphatic rings. The van der Waals surface area contributed by atoms with E-state index in [-0.39, 0.29) is 36.6 Å². The smallest absolute Gasteiger partial charge is 0.268 e. The van der Waals surface area contributed by atoms with Gasteiger partial charge in [0.2, 0.25) is 5.91 Å². The molecule has 2 aromatic rings. The van der Waals surface area contributed by atoms with Crippen molar-refractivity contribution in [3.63, 3.8) is 0 Å². The molecule has 4 atom stereocenters. The number of carbonyl (C=O) groups excluding carboxylic acids is 2. The first-order valence-corrected chi connectivity index (χ1v) is 14.4. The fourth-order valence-electron chi connectivity index (χ4n) is 4.92. The molecule has 4 rings (SSSR count). The molecule has 1 aromatic heterocycles. The van der Waals surface area contributed by atoms with Gasteiger partial charge in [-0.05, 0) is 43.2 Å². The van der Waals surface area contributed by atoms with Crippen molar-refractivity contribution >= 4 is 34.4 Å². The minimum atomic E-state index is -0.722. The first-order valence-electron chi connectivity index (χ1n) is 13.5. The lowest BCUT2D eigenvalue weighted by Crippen LogP contribution is -2.49. The highest BCUT2D eigenvalue weighted by Crippen LogP contribution is 2.29. The number of aryl methyl sites for hydroxylation is 1. The largest absolute Gasteiger partial charge is 0.391 e. The number of benzene rings is 1. The number of hydrogen-bond acceptors (Lipinski definition) is 6. The lowest BCUT2D eigenvalue weighted by molar-refractivity contribution is -0.134. The Hall–Kier alpha value is -3.10. The third kappa shape index (κ3) is 6.85. The van der Waals surface area contributed by atoms with Gasteiger partial charge in [-0.15, -0.1) is 11.3 Å². The number of rotatable bonds is 10. The summed E-state index contributed by atoms with van der Waals surface area (Å²) >= 11 is 1.63. The van der Waals surface area contributed by atoms with Gasteiger partial charge in [0.25, 0.3) is 5.91 Å². The predicted molar refractivity (Wildman–Crippen MR) is 153 cm³/mol. The molecule has 0 spiro atoms. The maximum absolute atomic E-state index is 13.6. The fraction of sp³-hybridized carbons (Fsp3) is 0.467. The van der Waals surface area contributed by atoms with E-state index < -0.39 is 12.1 Å². The van der Waals surface area contributed by atoms with Crippen molar-refractivity contribution in [2.45, 2.75) is 58.6 Å². The molecule has 0 bridgehead atoms. The van der Waals surface area contributed by atoms with Crippen LogP contribution in [-0.4, -0.2) is 64.3 Å². The Morgan fingerprint density at radius 2 is 2.08 bits per heavy atom. The Labute approximate surface area is 229 Å². The Balaban J connectivity index is 1.37. The van der Waals surface area contributed by atoms with E-state index in [1.807, 2.05) is 44.5 Å². The summed E-state index contributed by atoms with van der Waals surface area (Å²) in [6.07, 6.45) is 8.27. The second kappa shape index (κ2) is 13.1. The zero-order valence-corrected chi connectivity index (χ0v) is 23.3. The molecule has 38 heavy (non-hydrogen) atoms. The molecular weight excluding hydrogens is 496 g/mol. The zero-order valence-electron chi connectivity index (χ0n) is 22.5. The number of nitrogens with one attached hydrogen (secondary N) is 1. The number of carbonyl (C=O) groups is 2. The average molecular weight is 535 g/mol. The maximum atomic E-state index is 13.6. The van der Waals surface area contributed by atoms with Gasteiger partial charge in [0.1, 0.15) is 11.8 Å². The van der Waals surface area contributed by atoms with Crippen LogP contribution in [0.5, 0.6) is 0 Å². The van der Waals surface area contributed by atoms with Crippen molar-refractivity contribution in [2.75, 3.05) is 19.6 Å². The molecule has 1 aromatic carbocycles. The van der Waals surface area contributed by atoms with Gasteiger partial charge in [-0.25, -0.2) is 4.98 Å². The van der Waals surface area contributed by atoms with Crippen molar-refractivity contribution in [1.82, 2.24) is 15.2 Å². The predicted octanol–water partition coefficient (Wildman–Crippen LogP) is 4.22. The first kappa shape index (κ1) is 27.9. The van der Waals surface area contributed by atoms with Crippen LogP contribution in [0.1, 0.15) is 49.2 Å². The van der Waals surface area contributed by atoms with Crippen LogP contribution < -0.4 is 5.32 Å². The third-order valence-electron chi connectivity index (χ3n) is 7.40. The van der Waals surface area contributed by atoms with Crippen LogP contribution in [0.2, 0.25) is 0 Å². The molecule has 202 valence electrons. The number of aliphatic hydroxyl groups is 1. The second-order valence-electron chi connectivity index (χ2n) is 10.2. The lowest BCUT2D eigenvalue weighted by Gasteiger charge is -2.26. The Bertz CT molecular complexity index is 1200. The average Bonchev–Trinajstić information content (AvgIpc) is 3.55. The van der Waals surface area contributed by atoms with Gasteiger partial charge in [-0.2, -0.15) is 0 Å². The number of hydrogen-bond donors (Lipinski definition) is 2. The molecule has 1 saturated heterocycles. The summed E-state index contributed by atoms with van der Waals surface area (Å²) in [5.74, 6) is -0.310. The quantitative estimate of drug-likeness (QED) is 0.446. The van der Waals surface area contributed by atoms with Crippen LogP contribution in [-0.2, 0) is 16.0 Å². The molecular formula is C30H38N4O3S. The lowest BCUT2D eigenvalue weighted by atomic mass is 9.95. The fourth-order valence-corrected chi connectivity index (χ4v) is 5.75. The van der Waals surface area contributed by atoms with Gasteiger partial charge < -0.3 is 15.3 Å². The Morgan fingerprint density at radius 1 is 1.29 bits per heavy atom. The number of β-amino-alcohol motifs (C(OH)–C–C–N with tert-alkyl or cyclic N) is 1. The molecule has 2 amide bonds. The summed E-state index contributed by atoms with van der Waals surface area (Å²) in [7, 11) is 0. The van der Waals surface area contributed by atoms with Crippen molar-refractivity contribution in [3.8, 4) is 0 Å². The molecule has 2 heterocycles. The summed E-state index contributed by atoms with van der Waals surface area (Å²) in [6.45, 7) is 7.17. The number of amides is 2. The molecule has 2 N–H and O–H groups in total. The highest BCUT2D eigenvalue weighted by molar-refractivity contribution is 7.11. The van der Waals surface area contributed by atoms with Gasteiger partial charge in [0.05, 0.1) is 22.2 Å². The van der Waals surface area contributed by atoms with Crippen LogP contribution in [0.15, 0.2) is 59.1 Å². The molecule has 0 radical (unpaired) electrons. The van der Waals surface area contributed by atoms with Crippen molar-refractivity contribution < 1.29 is 14.7 Å². The van der Waals surface area contributed by atoms with Gasteiger partial charge in [-0.1, -0.05) is 62.4 Å². The molecule has 7 nitrogen and oxygen atoms in total. The van der Waals surface area contributed by atoms with Gasteiger partial charge in [0, 0.05) is 32.0 Å². The van der Waals surface area contributed by atoms with E-state index in [4.69, 9.17) is 4.99 Å². The van der Waals surface area contributed by atoms with E-state index in [9.17, 15) is 14.7 Å². The molecule has 0 saturated carbocycles. The van der Waals surface area contributed by atoms with Crippen LogP contribution in [0.3, 0.4) is 0 Å². The number of aliphatic hydroxyl groups excluding tert-OH is 1.